The van der Waals surface area contributed by atoms with Gasteiger partial charge in [-0.2, -0.15) is 4.31 Å². The lowest BCUT2D eigenvalue weighted by atomic mass is 10.2. The highest BCUT2D eigenvalue weighted by molar-refractivity contribution is 7.89. The molecule has 5 nitrogen and oxygen atoms in total. The Morgan fingerprint density at radius 2 is 2.15 bits per heavy atom. The molecule has 0 spiro atoms. The molecule has 0 unspecified atom stereocenters. The molecule has 0 saturated heterocycles. The van der Waals surface area contributed by atoms with Crippen molar-refractivity contribution < 1.29 is 22.7 Å². The number of aromatic carboxylic acids is 1. The summed E-state index contributed by atoms with van der Waals surface area (Å²) in [6, 6.07) is 2.47. The average molecular weight is 299 g/mol. The SMILES string of the molecule is C=CCN(C1CC1)S(=O)(=O)c1cc(F)ccc1C(=O)O. The molecule has 1 N–H and O–H groups in total. The number of nitrogens with zero attached hydrogens (tertiary/aromatic N) is 1. The zero-order chi connectivity index (χ0) is 14.9. The first kappa shape index (κ1) is 14.7. The van der Waals surface area contributed by atoms with Crippen molar-refractivity contribution in [2.24, 2.45) is 0 Å². The van der Waals surface area contributed by atoms with Gasteiger partial charge >= 0.3 is 5.97 Å². The van der Waals surface area contributed by atoms with E-state index in [1.54, 1.807) is 0 Å². The van der Waals surface area contributed by atoms with E-state index >= 15 is 0 Å². The van der Waals surface area contributed by atoms with E-state index in [2.05, 4.69) is 6.58 Å². The van der Waals surface area contributed by atoms with Gasteiger partial charge in [-0.05, 0) is 31.0 Å². The summed E-state index contributed by atoms with van der Waals surface area (Å²) in [6.07, 6.45) is 2.85. The first-order valence-corrected chi connectivity index (χ1v) is 7.47. The van der Waals surface area contributed by atoms with Gasteiger partial charge in [0.05, 0.1) is 10.5 Å². The van der Waals surface area contributed by atoms with Crippen molar-refractivity contribution >= 4 is 16.0 Å². The van der Waals surface area contributed by atoms with Crippen molar-refractivity contribution in [1.82, 2.24) is 4.31 Å². The summed E-state index contributed by atoms with van der Waals surface area (Å²) in [5.74, 6) is -2.19. The number of hydrogen-bond donors (Lipinski definition) is 1. The highest BCUT2D eigenvalue weighted by Crippen LogP contribution is 2.33. The predicted molar refractivity (Wildman–Crippen MR) is 70.5 cm³/mol. The van der Waals surface area contributed by atoms with E-state index < -0.39 is 32.3 Å². The maximum Gasteiger partial charge on any atom is 0.337 e. The second kappa shape index (κ2) is 5.34. The first-order valence-electron chi connectivity index (χ1n) is 6.03. The van der Waals surface area contributed by atoms with Crippen molar-refractivity contribution in [2.75, 3.05) is 6.54 Å². The van der Waals surface area contributed by atoms with E-state index in [-0.39, 0.29) is 12.6 Å². The topological polar surface area (TPSA) is 74.7 Å². The third-order valence-electron chi connectivity index (χ3n) is 3.02. The molecule has 0 amide bonds. The van der Waals surface area contributed by atoms with Crippen LogP contribution in [0.2, 0.25) is 0 Å². The standard InChI is InChI=1S/C13H14FNO4S/c1-2-7-15(10-4-5-10)20(18,19)12-8-9(14)3-6-11(12)13(16)17/h2-3,6,8,10H,1,4-5,7H2,(H,16,17). The molecule has 0 radical (unpaired) electrons. The van der Waals surface area contributed by atoms with Gasteiger partial charge in [0, 0.05) is 12.6 Å². The van der Waals surface area contributed by atoms with Gasteiger partial charge in [-0.1, -0.05) is 6.08 Å². The van der Waals surface area contributed by atoms with E-state index in [0.29, 0.717) is 12.8 Å². The highest BCUT2D eigenvalue weighted by atomic mass is 32.2. The molecule has 1 fully saturated rings. The van der Waals surface area contributed by atoms with Crippen LogP contribution >= 0.6 is 0 Å². The molecule has 0 aliphatic heterocycles. The average Bonchev–Trinajstić information content (AvgIpc) is 3.19. The smallest absolute Gasteiger partial charge is 0.337 e. The number of sulfonamides is 1. The lowest BCUT2D eigenvalue weighted by Gasteiger charge is -2.21. The zero-order valence-electron chi connectivity index (χ0n) is 10.6. The number of hydrogen-bond acceptors (Lipinski definition) is 3. The normalized spacial score (nSPS) is 15.3. The molecule has 108 valence electrons. The number of rotatable bonds is 6. The van der Waals surface area contributed by atoms with E-state index in [1.165, 1.54) is 10.4 Å². The van der Waals surface area contributed by atoms with E-state index in [4.69, 9.17) is 5.11 Å². The van der Waals surface area contributed by atoms with Crippen molar-refractivity contribution in [3.05, 3.63) is 42.2 Å². The summed E-state index contributed by atoms with van der Waals surface area (Å²) < 4.78 is 39.5. The summed E-state index contributed by atoms with van der Waals surface area (Å²) in [4.78, 5) is 10.6. The molecule has 1 aromatic carbocycles. The molecular weight excluding hydrogens is 285 g/mol. The Bertz CT molecular complexity index is 652. The Labute approximate surface area is 116 Å². The van der Waals surface area contributed by atoms with Gasteiger partial charge < -0.3 is 5.11 Å². The minimum Gasteiger partial charge on any atom is -0.478 e. The van der Waals surface area contributed by atoms with Crippen molar-refractivity contribution in [3.8, 4) is 0 Å². The summed E-state index contributed by atoms with van der Waals surface area (Å²) in [6.45, 7) is 3.57. The van der Waals surface area contributed by atoms with Crippen LogP contribution in [0.15, 0.2) is 35.7 Å². The van der Waals surface area contributed by atoms with Crippen LogP contribution in [0.25, 0.3) is 0 Å². The molecule has 20 heavy (non-hydrogen) atoms. The second-order valence-corrected chi connectivity index (χ2v) is 6.40. The summed E-state index contributed by atoms with van der Waals surface area (Å²) in [5, 5.41) is 9.06. The van der Waals surface area contributed by atoms with E-state index in [0.717, 1.165) is 18.2 Å². The van der Waals surface area contributed by atoms with Crippen LogP contribution < -0.4 is 0 Å². The van der Waals surface area contributed by atoms with Crippen molar-refractivity contribution in [2.45, 2.75) is 23.8 Å². The van der Waals surface area contributed by atoms with Gasteiger partial charge in [0.2, 0.25) is 10.0 Å². The van der Waals surface area contributed by atoms with Gasteiger partial charge in [-0.3, -0.25) is 0 Å². The van der Waals surface area contributed by atoms with Gasteiger partial charge in [0.25, 0.3) is 0 Å². The maximum atomic E-state index is 13.3. The van der Waals surface area contributed by atoms with Crippen molar-refractivity contribution in [3.63, 3.8) is 0 Å². The quantitative estimate of drug-likeness (QED) is 0.814. The largest absolute Gasteiger partial charge is 0.478 e. The molecule has 1 aliphatic rings. The molecule has 0 bridgehead atoms. The minimum absolute atomic E-state index is 0.0720. The van der Waals surface area contributed by atoms with Gasteiger partial charge in [-0.25, -0.2) is 17.6 Å². The van der Waals surface area contributed by atoms with E-state index in [9.17, 15) is 17.6 Å². The van der Waals surface area contributed by atoms with Crippen LogP contribution in [0.1, 0.15) is 23.2 Å². The summed E-state index contributed by atoms with van der Waals surface area (Å²) >= 11 is 0. The number of carbonyl (C=O) groups is 1. The molecule has 0 aromatic heterocycles. The van der Waals surface area contributed by atoms with E-state index in [1.807, 2.05) is 0 Å². The monoisotopic (exact) mass is 299 g/mol. The second-order valence-electron chi connectivity index (χ2n) is 4.54. The van der Waals surface area contributed by atoms with Crippen LogP contribution in [0.5, 0.6) is 0 Å². The molecule has 0 atom stereocenters. The Kier molecular flexibility index (Phi) is 3.92. The Morgan fingerprint density at radius 1 is 1.50 bits per heavy atom. The molecule has 0 heterocycles. The lowest BCUT2D eigenvalue weighted by Crippen LogP contribution is -2.34. The fourth-order valence-electron chi connectivity index (χ4n) is 1.95. The van der Waals surface area contributed by atoms with Gasteiger partial charge in [0.1, 0.15) is 5.82 Å². The van der Waals surface area contributed by atoms with Crippen molar-refractivity contribution in [1.29, 1.82) is 0 Å². The molecule has 7 heteroatoms. The summed E-state index contributed by atoms with van der Waals surface area (Å²) in [7, 11) is -4.06. The Balaban J connectivity index is 2.55. The number of halogens is 1. The maximum absolute atomic E-state index is 13.3. The van der Waals surface area contributed by atoms with Crippen LogP contribution in [0.3, 0.4) is 0 Å². The van der Waals surface area contributed by atoms with Crippen LogP contribution in [-0.2, 0) is 10.0 Å². The Hall–Kier alpha value is -1.73. The highest BCUT2D eigenvalue weighted by Gasteiger charge is 2.39. The minimum atomic E-state index is -4.06. The third-order valence-corrected chi connectivity index (χ3v) is 4.98. The first-order chi connectivity index (χ1) is 9.37. The lowest BCUT2D eigenvalue weighted by molar-refractivity contribution is 0.0692. The molecular formula is C13H14FNO4S. The molecule has 1 saturated carbocycles. The van der Waals surface area contributed by atoms with Crippen LogP contribution in [-0.4, -0.2) is 36.4 Å². The molecule has 1 aromatic rings. The third kappa shape index (κ3) is 2.73. The van der Waals surface area contributed by atoms with Gasteiger partial charge in [-0.15, -0.1) is 6.58 Å². The van der Waals surface area contributed by atoms with Crippen LogP contribution in [0.4, 0.5) is 4.39 Å². The summed E-state index contributed by atoms with van der Waals surface area (Å²) in [5.41, 5.74) is -0.430. The Morgan fingerprint density at radius 3 is 2.65 bits per heavy atom. The van der Waals surface area contributed by atoms with Crippen LogP contribution in [0, 0.1) is 5.82 Å². The zero-order valence-corrected chi connectivity index (χ0v) is 11.4. The fraction of sp³-hybridized carbons (Fsp3) is 0.308. The number of benzene rings is 1. The fourth-order valence-corrected chi connectivity index (χ4v) is 3.80. The molecule has 2 rings (SSSR count). The van der Waals surface area contributed by atoms with Gasteiger partial charge in [0.15, 0.2) is 0 Å². The number of carboxylic acid groups (broad SMARTS) is 1. The molecule has 1 aliphatic carbocycles. The predicted octanol–water partition coefficient (Wildman–Crippen LogP) is 1.86. The number of carboxylic acids is 1.